The van der Waals surface area contributed by atoms with E-state index in [2.05, 4.69) is 5.32 Å². The predicted octanol–water partition coefficient (Wildman–Crippen LogP) is 1.14. The highest BCUT2D eigenvalue weighted by Gasteiger charge is 2.62. The van der Waals surface area contributed by atoms with Crippen molar-refractivity contribution in [1.29, 1.82) is 0 Å². The molecule has 0 aromatic heterocycles. The lowest BCUT2D eigenvalue weighted by atomic mass is 9.82. The zero-order chi connectivity index (χ0) is 15.8. The van der Waals surface area contributed by atoms with E-state index in [-0.39, 0.29) is 6.54 Å². The number of rotatable bonds is 3. The third-order valence-electron chi connectivity index (χ3n) is 3.52. The van der Waals surface area contributed by atoms with E-state index in [1.165, 1.54) is 0 Å². The molecule has 2 atom stereocenters. The van der Waals surface area contributed by atoms with Gasteiger partial charge in [0.2, 0.25) is 5.91 Å². The summed E-state index contributed by atoms with van der Waals surface area (Å²) < 4.78 is 39.5. The van der Waals surface area contributed by atoms with E-state index < -0.39 is 47.9 Å². The van der Waals surface area contributed by atoms with Crippen LogP contribution in [-0.2, 0) is 9.59 Å². The Morgan fingerprint density at radius 3 is 2.15 bits per heavy atom. The molecule has 1 saturated heterocycles. The second-order valence-electron chi connectivity index (χ2n) is 6.12. The van der Waals surface area contributed by atoms with Crippen LogP contribution < -0.4 is 10.6 Å². The van der Waals surface area contributed by atoms with E-state index in [0.29, 0.717) is 0 Å². The smallest absolute Gasteiger partial charge is 0.404 e. The van der Waals surface area contributed by atoms with E-state index in [4.69, 9.17) is 5.11 Å². The molecule has 0 aliphatic carbocycles. The molecule has 5 nitrogen and oxygen atoms in total. The fourth-order valence-corrected chi connectivity index (χ4v) is 2.17. The van der Waals surface area contributed by atoms with Gasteiger partial charge in [0.15, 0.2) is 5.41 Å². The quantitative estimate of drug-likeness (QED) is 0.730. The molecule has 20 heavy (non-hydrogen) atoms. The Hall–Kier alpha value is -1.31. The SMILES string of the molecule is CC(C)(C)C(NC(=O)C1(C(F)(F)F)CCNC1)C(=O)O. The van der Waals surface area contributed by atoms with Gasteiger partial charge in [0.05, 0.1) is 0 Å². The van der Waals surface area contributed by atoms with Gasteiger partial charge in [-0.25, -0.2) is 4.79 Å². The van der Waals surface area contributed by atoms with E-state index in [1.54, 1.807) is 20.8 Å². The Bertz CT molecular complexity index is 396. The summed E-state index contributed by atoms with van der Waals surface area (Å²) in [6.07, 6.45) is -5.11. The van der Waals surface area contributed by atoms with Crippen molar-refractivity contribution in [2.24, 2.45) is 10.8 Å². The topological polar surface area (TPSA) is 78.4 Å². The molecule has 1 fully saturated rings. The Morgan fingerprint density at radius 1 is 1.30 bits per heavy atom. The van der Waals surface area contributed by atoms with Gasteiger partial charge in [0.1, 0.15) is 6.04 Å². The van der Waals surface area contributed by atoms with Crippen molar-refractivity contribution in [3.05, 3.63) is 0 Å². The standard InChI is InChI=1S/C12H19F3N2O3/c1-10(2,3)7(8(18)19)17-9(20)11(12(13,14)15)4-5-16-6-11/h7,16H,4-6H2,1-3H3,(H,17,20)(H,18,19). The minimum atomic E-state index is -4.72. The van der Waals surface area contributed by atoms with Crippen molar-refractivity contribution in [3.8, 4) is 0 Å². The number of nitrogens with one attached hydrogen (secondary N) is 2. The van der Waals surface area contributed by atoms with Gasteiger partial charge < -0.3 is 15.7 Å². The highest BCUT2D eigenvalue weighted by atomic mass is 19.4. The van der Waals surface area contributed by atoms with Crippen molar-refractivity contribution < 1.29 is 27.9 Å². The lowest BCUT2D eigenvalue weighted by Crippen LogP contribution is -2.58. The molecule has 1 heterocycles. The van der Waals surface area contributed by atoms with Gasteiger partial charge in [0.25, 0.3) is 0 Å². The Kier molecular flexibility index (Phi) is 4.38. The molecule has 2 unspecified atom stereocenters. The van der Waals surface area contributed by atoms with Crippen LogP contribution in [0.3, 0.4) is 0 Å². The maximum atomic E-state index is 13.2. The summed E-state index contributed by atoms with van der Waals surface area (Å²) in [6, 6.07) is -1.38. The molecular formula is C12H19F3N2O3. The minimum Gasteiger partial charge on any atom is -0.480 e. The molecule has 1 amide bonds. The van der Waals surface area contributed by atoms with Crippen LogP contribution in [0.4, 0.5) is 13.2 Å². The number of aliphatic carboxylic acids is 1. The molecule has 0 aromatic rings. The van der Waals surface area contributed by atoms with Gasteiger partial charge in [-0.1, -0.05) is 20.8 Å². The maximum absolute atomic E-state index is 13.2. The normalized spacial score (nSPS) is 25.3. The van der Waals surface area contributed by atoms with Gasteiger partial charge in [-0.15, -0.1) is 0 Å². The first-order chi connectivity index (χ1) is 8.92. The lowest BCUT2D eigenvalue weighted by Gasteiger charge is -2.34. The number of alkyl halides is 3. The average molecular weight is 296 g/mol. The molecule has 0 saturated carbocycles. The molecule has 8 heteroatoms. The Balaban J connectivity index is 3.01. The number of carboxylic acid groups (broad SMARTS) is 1. The number of carbonyl (C=O) groups is 2. The number of amides is 1. The molecule has 0 bridgehead atoms. The number of carboxylic acids is 1. The molecule has 0 aromatic carbocycles. The molecule has 3 N–H and O–H groups in total. The third kappa shape index (κ3) is 3.05. The molecule has 116 valence electrons. The third-order valence-corrected chi connectivity index (χ3v) is 3.52. The molecule has 1 aliphatic heterocycles. The molecular weight excluding hydrogens is 277 g/mol. The minimum absolute atomic E-state index is 0.0696. The summed E-state index contributed by atoms with van der Waals surface area (Å²) in [5.74, 6) is -2.63. The van der Waals surface area contributed by atoms with Crippen molar-refractivity contribution >= 4 is 11.9 Å². The Labute approximate surface area is 114 Å². The highest BCUT2D eigenvalue weighted by Crippen LogP contribution is 2.43. The van der Waals surface area contributed by atoms with Crippen LogP contribution >= 0.6 is 0 Å². The summed E-state index contributed by atoms with van der Waals surface area (Å²) in [6.45, 7) is 4.16. The lowest BCUT2D eigenvalue weighted by molar-refractivity contribution is -0.217. The van der Waals surface area contributed by atoms with Gasteiger partial charge in [-0.05, 0) is 18.4 Å². The monoisotopic (exact) mass is 296 g/mol. The number of carbonyl (C=O) groups excluding carboxylic acids is 1. The van der Waals surface area contributed by atoms with Gasteiger partial charge >= 0.3 is 12.1 Å². The summed E-state index contributed by atoms with van der Waals surface area (Å²) in [5.41, 5.74) is -3.44. The Morgan fingerprint density at radius 2 is 1.85 bits per heavy atom. The first-order valence-corrected chi connectivity index (χ1v) is 6.23. The molecule has 0 radical (unpaired) electrons. The van der Waals surface area contributed by atoms with E-state index >= 15 is 0 Å². The predicted molar refractivity (Wildman–Crippen MR) is 65.0 cm³/mol. The van der Waals surface area contributed by atoms with Crippen molar-refractivity contribution in [2.75, 3.05) is 13.1 Å². The van der Waals surface area contributed by atoms with Crippen LogP contribution in [0.2, 0.25) is 0 Å². The van der Waals surface area contributed by atoms with E-state index in [1.807, 2.05) is 5.32 Å². The van der Waals surface area contributed by atoms with Crippen LogP contribution in [0.25, 0.3) is 0 Å². The zero-order valence-corrected chi connectivity index (χ0v) is 11.6. The summed E-state index contributed by atoms with van der Waals surface area (Å²) in [5, 5.41) is 13.6. The van der Waals surface area contributed by atoms with Gasteiger partial charge in [-0.3, -0.25) is 4.79 Å². The van der Waals surface area contributed by atoms with Gasteiger partial charge in [0, 0.05) is 6.54 Å². The summed E-state index contributed by atoms with van der Waals surface area (Å²) in [7, 11) is 0. The second kappa shape index (κ2) is 5.23. The van der Waals surface area contributed by atoms with Crippen LogP contribution in [-0.4, -0.2) is 42.3 Å². The summed E-state index contributed by atoms with van der Waals surface area (Å²) in [4.78, 5) is 23.2. The van der Waals surface area contributed by atoms with E-state index in [9.17, 15) is 22.8 Å². The second-order valence-corrected chi connectivity index (χ2v) is 6.12. The first kappa shape index (κ1) is 16.7. The molecule has 0 spiro atoms. The number of halogens is 3. The van der Waals surface area contributed by atoms with Crippen LogP contribution in [0.15, 0.2) is 0 Å². The first-order valence-electron chi connectivity index (χ1n) is 6.23. The van der Waals surface area contributed by atoms with Crippen LogP contribution in [0.1, 0.15) is 27.2 Å². The van der Waals surface area contributed by atoms with Crippen molar-refractivity contribution in [3.63, 3.8) is 0 Å². The van der Waals surface area contributed by atoms with Crippen molar-refractivity contribution in [2.45, 2.75) is 39.4 Å². The van der Waals surface area contributed by atoms with Crippen LogP contribution in [0.5, 0.6) is 0 Å². The maximum Gasteiger partial charge on any atom is 0.404 e. The fraction of sp³-hybridized carbons (Fsp3) is 0.833. The fourth-order valence-electron chi connectivity index (χ4n) is 2.17. The number of hydrogen-bond acceptors (Lipinski definition) is 3. The van der Waals surface area contributed by atoms with Gasteiger partial charge in [-0.2, -0.15) is 13.2 Å². The van der Waals surface area contributed by atoms with Crippen LogP contribution in [0, 0.1) is 10.8 Å². The van der Waals surface area contributed by atoms with Crippen molar-refractivity contribution in [1.82, 2.24) is 10.6 Å². The zero-order valence-electron chi connectivity index (χ0n) is 11.6. The molecule has 1 rings (SSSR count). The molecule has 1 aliphatic rings. The number of hydrogen-bond donors (Lipinski definition) is 3. The average Bonchev–Trinajstić information content (AvgIpc) is 2.72. The highest BCUT2D eigenvalue weighted by molar-refractivity contribution is 5.89. The summed E-state index contributed by atoms with van der Waals surface area (Å²) >= 11 is 0. The van der Waals surface area contributed by atoms with E-state index in [0.717, 1.165) is 0 Å². The largest absolute Gasteiger partial charge is 0.480 e.